The van der Waals surface area contributed by atoms with Gasteiger partial charge in [-0.2, -0.15) is 0 Å². The van der Waals surface area contributed by atoms with E-state index in [2.05, 4.69) is 52.1 Å². The summed E-state index contributed by atoms with van der Waals surface area (Å²) in [4.78, 5) is 24.3. The highest BCUT2D eigenvalue weighted by Crippen LogP contribution is 2.49. The number of hydrogen-bond acceptors (Lipinski definition) is 4. The lowest BCUT2D eigenvalue weighted by Gasteiger charge is -2.42. The molecule has 1 aliphatic carbocycles. The normalized spacial score (nSPS) is 20.2. The summed E-state index contributed by atoms with van der Waals surface area (Å²) < 4.78 is 6.03. The van der Waals surface area contributed by atoms with Gasteiger partial charge in [0, 0.05) is 5.56 Å². The van der Waals surface area contributed by atoms with Crippen molar-refractivity contribution in [1.29, 1.82) is 0 Å². The Kier molecular flexibility index (Phi) is 5.74. The molecule has 168 valence electrons. The number of rotatable bonds is 4. The fourth-order valence-electron chi connectivity index (χ4n) is 4.79. The Hall–Kier alpha value is -2.53. The summed E-state index contributed by atoms with van der Waals surface area (Å²) in [5.41, 5.74) is 7.15. The molecule has 0 bridgehead atoms. The zero-order valence-corrected chi connectivity index (χ0v) is 20.5. The maximum Gasteiger partial charge on any atom is 0.290 e. The van der Waals surface area contributed by atoms with E-state index in [9.17, 15) is 9.59 Å². The maximum absolute atomic E-state index is 12.2. The number of benzene rings is 2. The van der Waals surface area contributed by atoms with E-state index in [0.29, 0.717) is 11.5 Å². The van der Waals surface area contributed by atoms with Crippen molar-refractivity contribution in [2.45, 2.75) is 65.2 Å². The molecule has 5 heteroatoms. The minimum absolute atomic E-state index is 0.0834. The number of aryl methyl sites for hydroxylation is 1. The van der Waals surface area contributed by atoms with Crippen LogP contribution in [0.5, 0.6) is 5.75 Å². The first-order valence-electron chi connectivity index (χ1n) is 11.2. The van der Waals surface area contributed by atoms with Crippen molar-refractivity contribution < 1.29 is 14.3 Å². The van der Waals surface area contributed by atoms with E-state index in [-0.39, 0.29) is 22.0 Å². The highest BCUT2D eigenvalue weighted by atomic mass is 32.2. The largest absolute Gasteiger partial charge is 0.493 e. The molecule has 1 aliphatic heterocycles. The summed E-state index contributed by atoms with van der Waals surface area (Å²) in [6.45, 7) is 14.0. The molecular weight excluding hydrogens is 418 g/mol. The molecule has 1 N–H and O–H groups in total. The first kappa shape index (κ1) is 22.7. The molecule has 2 aliphatic rings. The van der Waals surface area contributed by atoms with Crippen LogP contribution >= 0.6 is 11.8 Å². The number of amides is 2. The summed E-state index contributed by atoms with van der Waals surface area (Å²) >= 11 is 0.939. The highest BCUT2D eigenvalue weighted by Gasteiger charge is 2.37. The topological polar surface area (TPSA) is 55.4 Å². The molecule has 2 amide bonds. The van der Waals surface area contributed by atoms with Gasteiger partial charge in [-0.3, -0.25) is 14.9 Å². The first-order valence-corrected chi connectivity index (χ1v) is 12.0. The number of carbonyl (C=O) groups excluding carboxylic acids is 2. The molecule has 0 saturated carbocycles. The van der Waals surface area contributed by atoms with Crippen molar-refractivity contribution >= 4 is 29.0 Å². The van der Waals surface area contributed by atoms with Crippen LogP contribution in [0.2, 0.25) is 0 Å². The molecule has 2 aromatic rings. The van der Waals surface area contributed by atoms with E-state index in [0.717, 1.165) is 40.6 Å². The second-order valence-corrected chi connectivity index (χ2v) is 11.0. The van der Waals surface area contributed by atoms with Crippen molar-refractivity contribution in [3.05, 3.63) is 57.5 Å². The van der Waals surface area contributed by atoms with Gasteiger partial charge in [0.2, 0.25) is 0 Å². The minimum atomic E-state index is -0.349. The van der Waals surface area contributed by atoms with Gasteiger partial charge in [-0.15, -0.1) is 0 Å². The van der Waals surface area contributed by atoms with Gasteiger partial charge in [-0.1, -0.05) is 45.9 Å². The van der Waals surface area contributed by atoms with Gasteiger partial charge in [0.15, 0.2) is 0 Å². The van der Waals surface area contributed by atoms with Crippen LogP contribution in [0.15, 0.2) is 35.2 Å². The van der Waals surface area contributed by atoms with Crippen molar-refractivity contribution in [1.82, 2.24) is 5.32 Å². The lowest BCUT2D eigenvalue weighted by atomic mass is 9.62. The van der Waals surface area contributed by atoms with Gasteiger partial charge >= 0.3 is 0 Å². The number of ether oxygens (including phenoxy) is 1. The Morgan fingerprint density at radius 3 is 2.31 bits per heavy atom. The lowest BCUT2D eigenvalue weighted by Crippen LogP contribution is -2.34. The molecule has 0 radical (unpaired) electrons. The fraction of sp³-hybridized carbons (Fsp3) is 0.407. The quantitative estimate of drug-likeness (QED) is 0.526. The van der Waals surface area contributed by atoms with E-state index in [4.69, 9.17) is 4.74 Å². The number of fused-ring (bicyclic) bond motifs is 1. The van der Waals surface area contributed by atoms with Gasteiger partial charge < -0.3 is 4.74 Å². The van der Waals surface area contributed by atoms with Crippen LogP contribution < -0.4 is 10.1 Å². The molecule has 4 nitrogen and oxygen atoms in total. The minimum Gasteiger partial charge on any atom is -0.493 e. The monoisotopic (exact) mass is 449 g/mol. The molecule has 1 saturated heterocycles. The third kappa shape index (κ3) is 3.99. The Morgan fingerprint density at radius 1 is 1.06 bits per heavy atom. The number of nitrogens with one attached hydrogen (secondary N) is 1. The standard InChI is InChI=1S/C27H31NO3S/c1-7-31-21-10-8-9-17(14-22-24(29)28-25(30)32-22)23(21)18-15-20-19(13-16(18)2)26(3,4)11-12-27(20,5)6/h8-10,13-15H,7,11-12H2,1-6H3,(H,28,29,30)/b22-14-. The summed E-state index contributed by atoms with van der Waals surface area (Å²) in [6.07, 6.45) is 4.11. The second kappa shape index (κ2) is 8.11. The third-order valence-corrected chi connectivity index (χ3v) is 7.56. The average molecular weight is 450 g/mol. The number of hydrogen-bond donors (Lipinski definition) is 1. The summed E-state index contributed by atoms with van der Waals surface area (Å²) in [5.74, 6) is 0.435. The second-order valence-electron chi connectivity index (χ2n) is 9.99. The molecule has 0 unspecified atom stereocenters. The van der Waals surface area contributed by atoms with Gasteiger partial charge in [0.05, 0.1) is 11.5 Å². The van der Waals surface area contributed by atoms with Gasteiger partial charge in [0.25, 0.3) is 11.1 Å². The molecule has 2 aromatic carbocycles. The smallest absolute Gasteiger partial charge is 0.290 e. The van der Waals surface area contributed by atoms with Gasteiger partial charge in [0.1, 0.15) is 5.75 Å². The predicted octanol–water partition coefficient (Wildman–Crippen LogP) is 6.73. The van der Waals surface area contributed by atoms with Crippen LogP contribution in [-0.4, -0.2) is 17.8 Å². The fourth-order valence-corrected chi connectivity index (χ4v) is 5.46. The molecule has 1 heterocycles. The zero-order valence-electron chi connectivity index (χ0n) is 19.7. The van der Waals surface area contributed by atoms with Crippen molar-refractivity contribution in [2.75, 3.05) is 6.61 Å². The molecule has 0 atom stereocenters. The van der Waals surface area contributed by atoms with E-state index in [1.165, 1.54) is 23.1 Å². The maximum atomic E-state index is 12.2. The molecule has 0 spiro atoms. The van der Waals surface area contributed by atoms with E-state index < -0.39 is 0 Å². The molecule has 4 rings (SSSR count). The number of thioether (sulfide) groups is 1. The average Bonchev–Trinajstić information content (AvgIpc) is 3.03. The molecule has 1 fully saturated rings. The van der Waals surface area contributed by atoms with Crippen LogP contribution in [0, 0.1) is 6.92 Å². The Labute approximate surface area is 194 Å². The number of imide groups is 1. The van der Waals surface area contributed by atoms with Gasteiger partial charge in [-0.05, 0) is 95.3 Å². The Balaban J connectivity index is 1.97. The predicted molar refractivity (Wildman–Crippen MR) is 132 cm³/mol. The Morgan fingerprint density at radius 2 is 1.72 bits per heavy atom. The van der Waals surface area contributed by atoms with Crippen LogP contribution in [0.1, 0.15) is 69.7 Å². The molecular formula is C27H31NO3S. The van der Waals surface area contributed by atoms with Crippen LogP contribution in [0.25, 0.3) is 17.2 Å². The van der Waals surface area contributed by atoms with Crippen molar-refractivity contribution in [3.63, 3.8) is 0 Å². The summed E-state index contributed by atoms with van der Waals surface area (Å²) in [6, 6.07) is 10.6. The summed E-state index contributed by atoms with van der Waals surface area (Å²) in [7, 11) is 0. The summed E-state index contributed by atoms with van der Waals surface area (Å²) in [5, 5.41) is 2.01. The SMILES string of the molecule is CCOc1cccc(/C=C2\SC(=O)NC2=O)c1-c1cc2c(cc1C)C(C)(C)CCC2(C)C. The van der Waals surface area contributed by atoms with Gasteiger partial charge in [-0.25, -0.2) is 0 Å². The van der Waals surface area contributed by atoms with Crippen LogP contribution in [-0.2, 0) is 15.6 Å². The first-order chi connectivity index (χ1) is 15.0. The van der Waals surface area contributed by atoms with E-state index in [1.807, 2.05) is 25.1 Å². The Bertz CT molecular complexity index is 1140. The highest BCUT2D eigenvalue weighted by molar-refractivity contribution is 8.18. The van der Waals surface area contributed by atoms with E-state index >= 15 is 0 Å². The zero-order chi connectivity index (χ0) is 23.3. The van der Waals surface area contributed by atoms with Crippen molar-refractivity contribution in [2.24, 2.45) is 0 Å². The van der Waals surface area contributed by atoms with Crippen LogP contribution in [0.4, 0.5) is 4.79 Å². The van der Waals surface area contributed by atoms with Crippen molar-refractivity contribution in [3.8, 4) is 16.9 Å². The third-order valence-electron chi connectivity index (χ3n) is 6.75. The van der Waals surface area contributed by atoms with Crippen LogP contribution in [0.3, 0.4) is 0 Å². The number of carbonyl (C=O) groups is 2. The van der Waals surface area contributed by atoms with E-state index in [1.54, 1.807) is 6.08 Å². The molecule has 0 aromatic heterocycles. The lowest BCUT2D eigenvalue weighted by molar-refractivity contribution is -0.115. The molecule has 32 heavy (non-hydrogen) atoms.